The van der Waals surface area contributed by atoms with Crippen LogP contribution in [-0.2, 0) is 0 Å². The van der Waals surface area contributed by atoms with Gasteiger partial charge in [-0.2, -0.15) is 4.98 Å². The molecular formula is C17H13NO3. The van der Waals surface area contributed by atoms with Crippen LogP contribution < -0.4 is 10.4 Å². The summed E-state index contributed by atoms with van der Waals surface area (Å²) >= 11 is 0. The summed E-state index contributed by atoms with van der Waals surface area (Å²) in [4.78, 5) is 16.6. The first kappa shape index (κ1) is 13.1. The highest BCUT2D eigenvalue weighted by atomic mass is 16.5. The molecule has 4 nitrogen and oxygen atoms in total. The van der Waals surface area contributed by atoms with E-state index >= 15 is 0 Å². The molecule has 0 fully saturated rings. The van der Waals surface area contributed by atoms with Gasteiger partial charge in [-0.15, -0.1) is 0 Å². The summed E-state index contributed by atoms with van der Waals surface area (Å²) in [6.45, 7) is 0. The first-order valence-electron chi connectivity index (χ1n) is 6.49. The monoisotopic (exact) mass is 279 g/mol. The van der Waals surface area contributed by atoms with E-state index in [4.69, 9.17) is 9.15 Å². The zero-order valence-electron chi connectivity index (χ0n) is 11.4. The number of ether oxygens (including phenoxy) is 1. The van der Waals surface area contributed by atoms with Gasteiger partial charge in [0.2, 0.25) is 11.8 Å². The molecule has 0 N–H and O–H groups in total. The second kappa shape index (κ2) is 5.63. The molecule has 21 heavy (non-hydrogen) atoms. The van der Waals surface area contributed by atoms with Crippen LogP contribution in [0.1, 0.15) is 0 Å². The minimum Gasteiger partial charge on any atom is -0.480 e. The Kier molecular flexibility index (Phi) is 3.51. The molecule has 0 bridgehead atoms. The van der Waals surface area contributed by atoms with Gasteiger partial charge in [0.05, 0.1) is 7.11 Å². The number of methoxy groups -OCH3 is 1. The molecule has 0 aliphatic carbocycles. The molecule has 0 atom stereocenters. The zero-order chi connectivity index (χ0) is 14.7. The predicted octanol–water partition coefficient (Wildman–Crippen LogP) is 3.38. The van der Waals surface area contributed by atoms with Crippen LogP contribution >= 0.6 is 0 Å². The fourth-order valence-electron chi connectivity index (χ4n) is 2.10. The molecule has 3 aromatic rings. The molecule has 1 aromatic heterocycles. The van der Waals surface area contributed by atoms with Crippen molar-refractivity contribution in [1.29, 1.82) is 0 Å². The van der Waals surface area contributed by atoms with Crippen molar-refractivity contribution in [3.63, 3.8) is 0 Å². The van der Waals surface area contributed by atoms with Crippen molar-refractivity contribution in [3.8, 4) is 28.5 Å². The van der Waals surface area contributed by atoms with E-state index in [2.05, 4.69) is 4.98 Å². The predicted molar refractivity (Wildman–Crippen MR) is 80.2 cm³/mol. The van der Waals surface area contributed by atoms with Gasteiger partial charge < -0.3 is 9.15 Å². The molecule has 0 unspecified atom stereocenters. The van der Waals surface area contributed by atoms with Gasteiger partial charge in [-0.3, -0.25) is 0 Å². The minimum absolute atomic E-state index is 0.247. The van der Waals surface area contributed by atoms with Crippen LogP contribution in [0.4, 0.5) is 0 Å². The number of benzene rings is 2. The third kappa shape index (κ3) is 2.56. The van der Waals surface area contributed by atoms with Crippen molar-refractivity contribution in [1.82, 2.24) is 4.98 Å². The molecule has 3 rings (SSSR count). The maximum Gasteiger partial charge on any atom is 0.351 e. The molecule has 4 heteroatoms. The summed E-state index contributed by atoms with van der Waals surface area (Å²) < 4.78 is 10.6. The smallest absolute Gasteiger partial charge is 0.351 e. The van der Waals surface area contributed by atoms with E-state index in [1.54, 1.807) is 0 Å². The van der Waals surface area contributed by atoms with Crippen LogP contribution in [0.15, 0.2) is 69.9 Å². The van der Waals surface area contributed by atoms with Crippen molar-refractivity contribution in [3.05, 3.63) is 71.1 Å². The molecule has 0 saturated heterocycles. The summed E-state index contributed by atoms with van der Waals surface area (Å²) in [7, 11) is 1.49. The van der Waals surface area contributed by atoms with Gasteiger partial charge in [0.25, 0.3) is 0 Å². The lowest BCUT2D eigenvalue weighted by Crippen LogP contribution is -2.08. The van der Waals surface area contributed by atoms with Gasteiger partial charge in [0, 0.05) is 5.56 Å². The van der Waals surface area contributed by atoms with E-state index in [-0.39, 0.29) is 11.8 Å². The molecule has 0 spiro atoms. The van der Waals surface area contributed by atoms with Crippen molar-refractivity contribution in [2.45, 2.75) is 0 Å². The Bertz CT molecular complexity index is 795. The lowest BCUT2D eigenvalue weighted by atomic mass is 10.1. The summed E-state index contributed by atoms with van der Waals surface area (Å²) in [5.74, 6) is 0.508. The lowest BCUT2D eigenvalue weighted by Gasteiger charge is -2.07. The molecule has 1 heterocycles. The van der Waals surface area contributed by atoms with Crippen molar-refractivity contribution in [2.75, 3.05) is 7.11 Å². The van der Waals surface area contributed by atoms with E-state index in [0.717, 1.165) is 11.1 Å². The van der Waals surface area contributed by atoms with Crippen molar-refractivity contribution < 1.29 is 9.15 Å². The standard InChI is InChI=1S/C17H13NO3/c1-20-16-14(12-8-4-2-5-9-12)17(19)21-15(18-16)13-10-6-3-7-11-13/h2-11H,1H3. The first-order valence-corrected chi connectivity index (χ1v) is 6.49. The number of rotatable bonds is 3. The van der Waals surface area contributed by atoms with Crippen LogP contribution in [0.5, 0.6) is 5.88 Å². The SMILES string of the molecule is COc1nc(-c2ccccc2)oc(=O)c1-c1ccccc1. The van der Waals surface area contributed by atoms with Crippen LogP contribution in [-0.4, -0.2) is 12.1 Å². The normalized spacial score (nSPS) is 10.3. The van der Waals surface area contributed by atoms with Crippen molar-refractivity contribution in [2.24, 2.45) is 0 Å². The molecule has 0 saturated carbocycles. The Morgan fingerprint density at radius 2 is 1.48 bits per heavy atom. The van der Waals surface area contributed by atoms with E-state index in [1.807, 2.05) is 60.7 Å². The van der Waals surface area contributed by atoms with Crippen molar-refractivity contribution >= 4 is 0 Å². The fourth-order valence-corrected chi connectivity index (χ4v) is 2.10. The average molecular weight is 279 g/mol. The summed E-state index contributed by atoms with van der Waals surface area (Å²) in [6.07, 6.45) is 0. The lowest BCUT2D eigenvalue weighted by molar-refractivity contribution is 0.384. The van der Waals surface area contributed by atoms with Crippen LogP contribution in [0.3, 0.4) is 0 Å². The van der Waals surface area contributed by atoms with E-state index in [0.29, 0.717) is 5.56 Å². The highest BCUT2D eigenvalue weighted by molar-refractivity contribution is 5.68. The average Bonchev–Trinajstić information content (AvgIpc) is 2.55. The molecule has 0 aliphatic heterocycles. The molecule has 0 amide bonds. The van der Waals surface area contributed by atoms with Crippen LogP contribution in [0.25, 0.3) is 22.6 Å². The Morgan fingerprint density at radius 3 is 2.05 bits per heavy atom. The number of nitrogens with zero attached hydrogens (tertiary/aromatic N) is 1. The number of hydrogen-bond donors (Lipinski definition) is 0. The quantitative estimate of drug-likeness (QED) is 0.737. The fraction of sp³-hybridized carbons (Fsp3) is 0.0588. The highest BCUT2D eigenvalue weighted by Crippen LogP contribution is 2.27. The van der Waals surface area contributed by atoms with Gasteiger partial charge in [-0.25, -0.2) is 4.79 Å². The molecule has 2 aromatic carbocycles. The molecular weight excluding hydrogens is 266 g/mol. The number of hydrogen-bond acceptors (Lipinski definition) is 4. The summed E-state index contributed by atoms with van der Waals surface area (Å²) in [5, 5.41) is 0. The first-order chi connectivity index (χ1) is 10.3. The second-order valence-electron chi connectivity index (χ2n) is 4.42. The second-order valence-corrected chi connectivity index (χ2v) is 4.42. The summed E-state index contributed by atoms with van der Waals surface area (Å²) in [6, 6.07) is 18.5. The van der Waals surface area contributed by atoms with E-state index in [9.17, 15) is 4.79 Å². The molecule has 0 aliphatic rings. The topological polar surface area (TPSA) is 52.3 Å². The molecule has 104 valence electrons. The van der Waals surface area contributed by atoms with E-state index < -0.39 is 5.63 Å². The third-order valence-electron chi connectivity index (χ3n) is 3.09. The van der Waals surface area contributed by atoms with Gasteiger partial charge in [-0.05, 0) is 17.7 Å². The zero-order valence-corrected chi connectivity index (χ0v) is 11.4. The Morgan fingerprint density at radius 1 is 0.905 bits per heavy atom. The third-order valence-corrected chi connectivity index (χ3v) is 3.09. The van der Waals surface area contributed by atoms with Gasteiger partial charge in [-0.1, -0.05) is 48.5 Å². The minimum atomic E-state index is -0.466. The highest BCUT2D eigenvalue weighted by Gasteiger charge is 2.16. The number of aromatic nitrogens is 1. The van der Waals surface area contributed by atoms with Gasteiger partial charge in [0.1, 0.15) is 5.56 Å². The Labute approximate surface area is 121 Å². The summed E-state index contributed by atoms with van der Waals surface area (Å²) in [5.41, 5.74) is 1.31. The maximum atomic E-state index is 12.3. The van der Waals surface area contributed by atoms with Gasteiger partial charge >= 0.3 is 5.63 Å². The Balaban J connectivity index is 2.19. The molecule has 0 radical (unpaired) electrons. The largest absolute Gasteiger partial charge is 0.480 e. The maximum absolute atomic E-state index is 12.3. The van der Waals surface area contributed by atoms with Crippen LogP contribution in [0.2, 0.25) is 0 Å². The Hall–Kier alpha value is -2.88. The van der Waals surface area contributed by atoms with Crippen LogP contribution in [0, 0.1) is 0 Å². The van der Waals surface area contributed by atoms with E-state index in [1.165, 1.54) is 7.11 Å². The van der Waals surface area contributed by atoms with Gasteiger partial charge in [0.15, 0.2) is 0 Å².